The first kappa shape index (κ1) is 38.0. The van der Waals surface area contributed by atoms with E-state index < -0.39 is 0 Å². The summed E-state index contributed by atoms with van der Waals surface area (Å²) in [5.74, 6) is 3.44. The van der Waals surface area contributed by atoms with Crippen LogP contribution in [0.25, 0.3) is 0 Å². The molecule has 0 bridgehead atoms. The molecule has 0 fully saturated rings. The van der Waals surface area contributed by atoms with Crippen molar-refractivity contribution in [3.8, 4) is 0 Å². The van der Waals surface area contributed by atoms with Gasteiger partial charge in [0.1, 0.15) is 0 Å². The minimum absolute atomic E-state index is 0.0219. The van der Waals surface area contributed by atoms with E-state index in [1.54, 1.807) is 0 Å². The van der Waals surface area contributed by atoms with E-state index in [2.05, 4.69) is 98.6 Å². The van der Waals surface area contributed by atoms with Crippen LogP contribution in [-0.2, 0) is 5.41 Å². The molecule has 2 aromatic rings. The molecule has 0 aromatic heterocycles. The van der Waals surface area contributed by atoms with Gasteiger partial charge in [0.05, 0.1) is 0 Å². The van der Waals surface area contributed by atoms with Crippen LogP contribution in [0.3, 0.4) is 0 Å². The van der Waals surface area contributed by atoms with Gasteiger partial charge in [0, 0.05) is 10.7 Å². The van der Waals surface area contributed by atoms with Gasteiger partial charge in [-0.2, -0.15) is 50.5 Å². The first-order valence-electron chi connectivity index (χ1n) is 17.3. The second-order valence-corrected chi connectivity index (χ2v) is 14.4. The number of rotatable bonds is 27. The van der Waals surface area contributed by atoms with Crippen molar-refractivity contribution in [1.82, 2.24) is 0 Å². The van der Waals surface area contributed by atoms with Gasteiger partial charge < -0.3 is 0 Å². The summed E-state index contributed by atoms with van der Waals surface area (Å²) in [6.45, 7) is 0. The third-order valence-corrected chi connectivity index (χ3v) is 10.9. The van der Waals surface area contributed by atoms with Gasteiger partial charge in [-0.15, -0.1) is 0 Å². The van der Waals surface area contributed by atoms with E-state index in [0.29, 0.717) is 11.2 Å². The van der Waals surface area contributed by atoms with Gasteiger partial charge in [-0.1, -0.05) is 151 Å². The maximum atomic E-state index is 5.57. The van der Waals surface area contributed by atoms with Crippen LogP contribution in [0.2, 0.25) is 0 Å². The first-order chi connectivity index (χ1) is 20.7. The molecule has 0 aliphatic carbocycles. The fraction of sp³-hybridized carbons (Fsp3) is 0.684. The van der Waals surface area contributed by atoms with Crippen LogP contribution in [0.4, 0.5) is 0 Å². The number of unbranched alkanes of at least 4 members (excludes halogenated alkanes) is 14. The van der Waals surface area contributed by atoms with Crippen molar-refractivity contribution in [2.45, 2.75) is 145 Å². The van der Waals surface area contributed by atoms with Gasteiger partial charge in [0.15, 0.2) is 0 Å². The van der Waals surface area contributed by atoms with E-state index in [0.717, 1.165) is 30.1 Å². The first-order valence-corrected chi connectivity index (χ1v) is 19.7. The molecule has 0 heterocycles. The van der Waals surface area contributed by atoms with Crippen LogP contribution in [0.15, 0.2) is 60.7 Å². The number of thiol groups is 4. The average molecular weight is 647 g/mol. The molecule has 2 rings (SSSR count). The number of hydrogen-bond donors (Lipinski definition) is 4. The van der Waals surface area contributed by atoms with Crippen LogP contribution in [0.5, 0.6) is 0 Å². The summed E-state index contributed by atoms with van der Waals surface area (Å²) in [5.41, 5.74) is 3.00. The molecule has 42 heavy (non-hydrogen) atoms. The van der Waals surface area contributed by atoms with Crippen molar-refractivity contribution in [1.29, 1.82) is 0 Å². The molecule has 0 spiro atoms. The summed E-state index contributed by atoms with van der Waals surface area (Å²) in [7, 11) is 0. The zero-order chi connectivity index (χ0) is 30.1. The Morgan fingerprint density at radius 3 is 1.38 bits per heavy atom. The quantitative estimate of drug-likeness (QED) is 0.0539. The highest BCUT2D eigenvalue weighted by molar-refractivity contribution is 7.81. The molecule has 0 N–H and O–H groups in total. The Balaban J connectivity index is 2.19. The SMILES string of the molecule is SCCCCCCCCCCC(S)C(CCCCCCCCCCS)(c1ccccc1)C(CCCS)c1ccccc1. The lowest BCUT2D eigenvalue weighted by Crippen LogP contribution is -2.43. The van der Waals surface area contributed by atoms with Gasteiger partial charge in [-0.3, -0.25) is 0 Å². The van der Waals surface area contributed by atoms with Gasteiger partial charge in [0.25, 0.3) is 0 Å². The van der Waals surface area contributed by atoms with Crippen LogP contribution in [0.1, 0.15) is 145 Å². The van der Waals surface area contributed by atoms with Gasteiger partial charge in [0.2, 0.25) is 0 Å². The van der Waals surface area contributed by atoms with Crippen molar-refractivity contribution in [3.63, 3.8) is 0 Å². The van der Waals surface area contributed by atoms with E-state index >= 15 is 0 Å². The molecule has 0 aliphatic rings. The predicted octanol–water partition coefficient (Wildman–Crippen LogP) is 12.6. The highest BCUT2D eigenvalue weighted by atomic mass is 32.1. The Morgan fingerprint density at radius 2 is 0.881 bits per heavy atom. The zero-order valence-electron chi connectivity index (χ0n) is 26.5. The fourth-order valence-electron chi connectivity index (χ4n) is 6.92. The Morgan fingerprint density at radius 1 is 0.452 bits per heavy atom. The summed E-state index contributed by atoms with van der Waals surface area (Å²) in [6, 6.07) is 22.9. The van der Waals surface area contributed by atoms with E-state index in [1.807, 2.05) is 0 Å². The van der Waals surface area contributed by atoms with Crippen molar-refractivity contribution >= 4 is 50.5 Å². The molecule has 0 amide bonds. The molecular formula is C38H62S4. The van der Waals surface area contributed by atoms with Gasteiger partial charge in [-0.25, -0.2) is 0 Å². The van der Waals surface area contributed by atoms with Gasteiger partial charge in [-0.05, 0) is 72.8 Å². The molecule has 3 atom stereocenters. The number of hydrogen-bond acceptors (Lipinski definition) is 4. The predicted molar refractivity (Wildman–Crippen MR) is 204 cm³/mol. The zero-order valence-corrected chi connectivity index (χ0v) is 30.1. The summed E-state index contributed by atoms with van der Waals surface area (Å²) in [6.07, 6.45) is 26.0. The molecule has 0 aliphatic heterocycles. The topological polar surface area (TPSA) is 0 Å². The molecule has 2 aromatic carbocycles. The van der Waals surface area contributed by atoms with Crippen LogP contribution in [0, 0.1) is 0 Å². The second kappa shape index (κ2) is 25.1. The number of benzene rings is 2. The summed E-state index contributed by atoms with van der Waals surface area (Å²) >= 11 is 19.0. The summed E-state index contributed by atoms with van der Waals surface area (Å²) < 4.78 is 0. The molecular weight excluding hydrogens is 585 g/mol. The average Bonchev–Trinajstić information content (AvgIpc) is 3.03. The molecule has 0 nitrogen and oxygen atoms in total. The third-order valence-electron chi connectivity index (χ3n) is 9.26. The van der Waals surface area contributed by atoms with Crippen molar-refractivity contribution in [2.24, 2.45) is 0 Å². The fourth-order valence-corrected chi connectivity index (χ4v) is 8.19. The largest absolute Gasteiger partial charge is 0.179 e. The van der Waals surface area contributed by atoms with Crippen molar-refractivity contribution in [3.05, 3.63) is 71.8 Å². The molecule has 4 heteroatoms. The Hall–Kier alpha value is -0.160. The monoisotopic (exact) mass is 646 g/mol. The maximum Gasteiger partial charge on any atom is 0.0138 e. The summed E-state index contributed by atoms with van der Waals surface area (Å²) in [5, 5.41) is 0.335. The van der Waals surface area contributed by atoms with Crippen molar-refractivity contribution in [2.75, 3.05) is 17.3 Å². The highest BCUT2D eigenvalue weighted by Crippen LogP contribution is 2.51. The van der Waals surface area contributed by atoms with Gasteiger partial charge >= 0.3 is 0 Å². The minimum atomic E-state index is 0.0219. The lowest BCUT2D eigenvalue weighted by Gasteiger charge is -2.47. The summed E-state index contributed by atoms with van der Waals surface area (Å²) in [4.78, 5) is 0. The normalized spacial score (nSPS) is 14.5. The standard InChI is InChI=1S/C38H62S4/c39-31-21-11-7-3-1-5-9-19-29-37(42)38(35-26-17-14-18-27-35,30-20-10-6-2-4-8-12-22-32-40)36(28-23-33-41)34-24-15-13-16-25-34/h13-18,24-27,36-37,39-42H,1-12,19-23,28-33H2. The van der Waals surface area contributed by atoms with E-state index in [4.69, 9.17) is 12.6 Å². The highest BCUT2D eigenvalue weighted by Gasteiger charge is 2.44. The van der Waals surface area contributed by atoms with E-state index in [1.165, 1.54) is 127 Å². The Bertz CT molecular complexity index is 858. The smallest absolute Gasteiger partial charge is 0.0138 e. The van der Waals surface area contributed by atoms with Crippen LogP contribution < -0.4 is 0 Å². The third kappa shape index (κ3) is 14.3. The maximum absolute atomic E-state index is 5.57. The molecule has 3 unspecified atom stereocenters. The van der Waals surface area contributed by atoms with E-state index in [-0.39, 0.29) is 5.41 Å². The van der Waals surface area contributed by atoms with E-state index in [9.17, 15) is 0 Å². The Kier molecular flexibility index (Phi) is 22.7. The Labute approximate surface area is 283 Å². The molecule has 0 saturated heterocycles. The second-order valence-electron chi connectivity index (χ2n) is 12.4. The van der Waals surface area contributed by atoms with Crippen LogP contribution in [-0.4, -0.2) is 22.5 Å². The minimum Gasteiger partial charge on any atom is -0.179 e. The lowest BCUT2D eigenvalue weighted by atomic mass is 9.60. The lowest BCUT2D eigenvalue weighted by molar-refractivity contribution is 0.271. The molecule has 238 valence electrons. The molecule has 0 saturated carbocycles. The van der Waals surface area contributed by atoms with Crippen LogP contribution >= 0.6 is 50.5 Å². The van der Waals surface area contributed by atoms with Crippen molar-refractivity contribution < 1.29 is 0 Å². The molecule has 0 radical (unpaired) electrons.